The zero-order valence-electron chi connectivity index (χ0n) is 11.0. The molecule has 0 radical (unpaired) electrons. The van der Waals surface area contributed by atoms with Crippen LogP contribution in [0.5, 0.6) is 5.75 Å². The van der Waals surface area contributed by atoms with Crippen LogP contribution in [-0.2, 0) is 4.79 Å². The van der Waals surface area contributed by atoms with Gasteiger partial charge in [-0.2, -0.15) is 0 Å². The number of benzene rings is 1. The molecule has 0 spiro atoms. The van der Waals surface area contributed by atoms with Crippen molar-refractivity contribution in [3.8, 4) is 5.75 Å². The Balaban J connectivity index is 1.78. The van der Waals surface area contributed by atoms with Gasteiger partial charge >= 0.3 is 0 Å². The van der Waals surface area contributed by atoms with E-state index in [9.17, 15) is 4.79 Å². The van der Waals surface area contributed by atoms with Gasteiger partial charge in [-0.3, -0.25) is 4.79 Å². The van der Waals surface area contributed by atoms with Gasteiger partial charge in [0.05, 0.1) is 18.1 Å². The third-order valence-corrected chi connectivity index (χ3v) is 4.36. The summed E-state index contributed by atoms with van der Waals surface area (Å²) in [6.07, 6.45) is 3.89. The van der Waals surface area contributed by atoms with Gasteiger partial charge in [-0.1, -0.05) is 18.2 Å². The molecule has 1 unspecified atom stereocenters. The van der Waals surface area contributed by atoms with Crippen LogP contribution in [0, 0.1) is 0 Å². The van der Waals surface area contributed by atoms with Crippen LogP contribution in [0.15, 0.2) is 24.3 Å². The first-order valence-corrected chi connectivity index (χ1v) is 6.98. The molecule has 0 aromatic heterocycles. The maximum Gasteiger partial charge on any atom is 0.228 e. The van der Waals surface area contributed by atoms with Crippen molar-refractivity contribution < 1.29 is 9.53 Å². The number of hydrogen-bond acceptors (Lipinski definition) is 3. The number of carbonyl (C=O) groups is 1. The molecule has 1 atom stereocenters. The van der Waals surface area contributed by atoms with Crippen molar-refractivity contribution in [1.82, 2.24) is 5.32 Å². The minimum Gasteiger partial charge on any atom is -0.493 e. The highest BCUT2D eigenvalue weighted by molar-refractivity contribution is 5.85. The predicted octanol–water partition coefficient (Wildman–Crippen LogP) is 1.55. The summed E-state index contributed by atoms with van der Waals surface area (Å²) in [5.41, 5.74) is 6.65. The third kappa shape index (κ3) is 2.21. The average molecular weight is 260 g/mol. The molecule has 1 heterocycles. The highest BCUT2D eigenvalue weighted by atomic mass is 16.5. The zero-order valence-corrected chi connectivity index (χ0v) is 11.0. The quantitative estimate of drug-likeness (QED) is 0.866. The summed E-state index contributed by atoms with van der Waals surface area (Å²) < 4.78 is 5.60. The van der Waals surface area contributed by atoms with E-state index in [2.05, 4.69) is 5.32 Å². The van der Waals surface area contributed by atoms with Gasteiger partial charge in [0.25, 0.3) is 0 Å². The molecule has 4 heteroatoms. The summed E-state index contributed by atoms with van der Waals surface area (Å²) >= 11 is 0. The summed E-state index contributed by atoms with van der Waals surface area (Å²) in [5, 5.41) is 3.17. The molecular formula is C15H20N2O2. The van der Waals surface area contributed by atoms with Crippen molar-refractivity contribution in [1.29, 1.82) is 0 Å². The number of nitrogens with two attached hydrogens (primary N) is 1. The molecular weight excluding hydrogens is 240 g/mol. The first kappa shape index (κ1) is 12.5. The maximum atomic E-state index is 12.5. The Kier molecular flexibility index (Phi) is 3.19. The second-order valence-electron chi connectivity index (χ2n) is 5.55. The second-order valence-corrected chi connectivity index (χ2v) is 5.55. The largest absolute Gasteiger partial charge is 0.493 e. The van der Waals surface area contributed by atoms with Crippen LogP contribution in [0.4, 0.5) is 0 Å². The smallest absolute Gasteiger partial charge is 0.228 e. The number of amides is 1. The standard InChI is InChI=1S/C15H20N2O2/c16-10-15(7-3-8-15)17-14(18)12-6-9-19-13-5-2-1-4-11(12)13/h1-2,4-5,12H,3,6-10,16H2,(H,17,18). The van der Waals surface area contributed by atoms with Gasteiger partial charge in [0.2, 0.25) is 5.91 Å². The number of nitrogens with one attached hydrogen (secondary N) is 1. The van der Waals surface area contributed by atoms with Crippen molar-refractivity contribution in [3.63, 3.8) is 0 Å². The van der Waals surface area contributed by atoms with Crippen LogP contribution >= 0.6 is 0 Å². The average Bonchev–Trinajstić information content (AvgIpc) is 2.42. The van der Waals surface area contributed by atoms with Gasteiger partial charge < -0.3 is 15.8 Å². The van der Waals surface area contributed by atoms with E-state index in [1.54, 1.807) is 0 Å². The molecule has 1 saturated carbocycles. The van der Waals surface area contributed by atoms with E-state index in [4.69, 9.17) is 10.5 Å². The molecule has 3 rings (SSSR count). The summed E-state index contributed by atoms with van der Waals surface area (Å²) in [5.74, 6) is 0.833. The molecule has 1 aromatic rings. The molecule has 19 heavy (non-hydrogen) atoms. The predicted molar refractivity (Wildman–Crippen MR) is 73.1 cm³/mol. The minimum atomic E-state index is -0.148. The lowest BCUT2D eigenvalue weighted by Crippen LogP contribution is -2.59. The van der Waals surface area contributed by atoms with Gasteiger partial charge in [0, 0.05) is 12.1 Å². The molecule has 0 saturated heterocycles. The van der Waals surface area contributed by atoms with E-state index in [0.29, 0.717) is 13.2 Å². The summed E-state index contributed by atoms with van der Waals surface area (Å²) in [7, 11) is 0. The molecule has 1 fully saturated rings. The molecule has 0 bridgehead atoms. The van der Waals surface area contributed by atoms with Crippen LogP contribution in [0.3, 0.4) is 0 Å². The highest BCUT2D eigenvalue weighted by Gasteiger charge is 2.39. The van der Waals surface area contributed by atoms with Gasteiger partial charge in [-0.15, -0.1) is 0 Å². The molecule has 102 valence electrons. The monoisotopic (exact) mass is 260 g/mol. The molecule has 4 nitrogen and oxygen atoms in total. The fourth-order valence-corrected chi connectivity index (χ4v) is 2.95. The van der Waals surface area contributed by atoms with Crippen LogP contribution in [-0.4, -0.2) is 24.6 Å². The van der Waals surface area contributed by atoms with E-state index < -0.39 is 0 Å². The minimum absolute atomic E-state index is 0.0981. The topological polar surface area (TPSA) is 64.3 Å². The number of para-hydroxylation sites is 1. The molecule has 1 aromatic carbocycles. The lowest BCUT2D eigenvalue weighted by Gasteiger charge is -2.42. The molecule has 3 N–H and O–H groups in total. The SMILES string of the molecule is NCC1(NC(=O)C2CCOc3ccccc32)CCC1. The van der Waals surface area contributed by atoms with Gasteiger partial charge in [0.15, 0.2) is 0 Å². The molecule has 2 aliphatic rings. The summed E-state index contributed by atoms with van der Waals surface area (Å²) in [6, 6.07) is 7.80. The zero-order chi connectivity index (χ0) is 13.3. The van der Waals surface area contributed by atoms with Gasteiger partial charge in [-0.25, -0.2) is 0 Å². The van der Waals surface area contributed by atoms with Crippen molar-refractivity contribution in [2.24, 2.45) is 5.73 Å². The van der Waals surface area contributed by atoms with E-state index in [0.717, 1.165) is 37.0 Å². The highest BCUT2D eigenvalue weighted by Crippen LogP contribution is 2.36. The van der Waals surface area contributed by atoms with Crippen molar-refractivity contribution in [3.05, 3.63) is 29.8 Å². The Morgan fingerprint density at radius 3 is 2.89 bits per heavy atom. The Bertz CT molecular complexity index is 477. The normalized spacial score (nSPS) is 23.7. The Hall–Kier alpha value is -1.55. The first-order valence-electron chi connectivity index (χ1n) is 6.98. The fraction of sp³-hybridized carbons (Fsp3) is 0.533. The Morgan fingerprint density at radius 2 is 2.21 bits per heavy atom. The number of fused-ring (bicyclic) bond motifs is 1. The molecule has 1 amide bonds. The maximum absolute atomic E-state index is 12.5. The number of hydrogen-bond donors (Lipinski definition) is 2. The number of rotatable bonds is 3. The second kappa shape index (κ2) is 4.85. The molecule has 1 aliphatic heterocycles. The van der Waals surface area contributed by atoms with Gasteiger partial charge in [-0.05, 0) is 31.7 Å². The fourth-order valence-electron chi connectivity index (χ4n) is 2.95. The van der Waals surface area contributed by atoms with Gasteiger partial charge in [0.1, 0.15) is 5.75 Å². The lowest BCUT2D eigenvalue weighted by atomic mass is 9.76. The lowest BCUT2D eigenvalue weighted by molar-refractivity contribution is -0.126. The Morgan fingerprint density at radius 1 is 1.42 bits per heavy atom. The van der Waals surface area contributed by atoms with E-state index >= 15 is 0 Å². The summed E-state index contributed by atoms with van der Waals surface area (Å²) in [4.78, 5) is 12.5. The first-order chi connectivity index (χ1) is 9.24. The van der Waals surface area contributed by atoms with Crippen LogP contribution in [0.25, 0.3) is 0 Å². The van der Waals surface area contributed by atoms with Crippen LogP contribution in [0.2, 0.25) is 0 Å². The molecule has 1 aliphatic carbocycles. The van der Waals surface area contributed by atoms with Crippen LogP contribution in [0.1, 0.15) is 37.2 Å². The van der Waals surface area contributed by atoms with E-state index in [1.807, 2.05) is 24.3 Å². The van der Waals surface area contributed by atoms with E-state index in [1.165, 1.54) is 0 Å². The van der Waals surface area contributed by atoms with Crippen molar-refractivity contribution in [2.75, 3.05) is 13.2 Å². The third-order valence-electron chi connectivity index (χ3n) is 4.36. The van der Waals surface area contributed by atoms with Crippen LogP contribution < -0.4 is 15.8 Å². The van der Waals surface area contributed by atoms with Crippen molar-refractivity contribution >= 4 is 5.91 Å². The van der Waals surface area contributed by atoms with E-state index in [-0.39, 0.29) is 17.4 Å². The van der Waals surface area contributed by atoms with Crippen molar-refractivity contribution in [2.45, 2.75) is 37.1 Å². The summed E-state index contributed by atoms with van der Waals surface area (Å²) in [6.45, 7) is 1.13. The Labute approximate surface area is 113 Å². The number of carbonyl (C=O) groups excluding carboxylic acids is 1. The number of ether oxygens (including phenoxy) is 1.